The molecule has 1 aromatic rings. The fraction of sp³-hybridized carbons (Fsp3) is 0.615. The summed E-state index contributed by atoms with van der Waals surface area (Å²) in [5, 5.41) is 9.74. The Morgan fingerprint density at radius 3 is 2.65 bits per heavy atom. The van der Waals surface area contributed by atoms with Crippen LogP contribution in [0, 0.1) is 16.7 Å². The summed E-state index contributed by atoms with van der Waals surface area (Å²) < 4.78 is 13.8. The van der Waals surface area contributed by atoms with Crippen LogP contribution in [0.5, 0.6) is 0 Å². The van der Waals surface area contributed by atoms with Gasteiger partial charge >= 0.3 is 0 Å². The lowest BCUT2D eigenvalue weighted by Gasteiger charge is -2.35. The first-order valence-corrected chi connectivity index (χ1v) is 6.61. The second kappa shape index (κ2) is 3.99. The van der Waals surface area contributed by atoms with E-state index in [1.54, 1.807) is 0 Å². The SMILES string of the molecule is CC(C)(C)C1CC(F)Cc2sc(N)c(C#N)c21. The molecule has 2 rings (SSSR count). The molecular weight excluding hydrogens is 235 g/mol. The summed E-state index contributed by atoms with van der Waals surface area (Å²) in [5.41, 5.74) is 7.40. The van der Waals surface area contributed by atoms with Crippen molar-refractivity contribution in [3.8, 4) is 6.07 Å². The average molecular weight is 252 g/mol. The number of halogens is 1. The summed E-state index contributed by atoms with van der Waals surface area (Å²) in [7, 11) is 0. The van der Waals surface area contributed by atoms with E-state index in [1.807, 2.05) is 0 Å². The van der Waals surface area contributed by atoms with Crippen molar-refractivity contribution in [1.29, 1.82) is 5.26 Å². The number of nitrogen functional groups attached to an aromatic ring is 1. The highest BCUT2D eigenvalue weighted by molar-refractivity contribution is 7.16. The maximum atomic E-state index is 13.8. The smallest absolute Gasteiger partial charge is 0.106 e. The van der Waals surface area contributed by atoms with Gasteiger partial charge in [0.1, 0.15) is 17.2 Å². The van der Waals surface area contributed by atoms with Gasteiger partial charge in [0, 0.05) is 11.3 Å². The molecule has 17 heavy (non-hydrogen) atoms. The van der Waals surface area contributed by atoms with E-state index in [2.05, 4.69) is 26.8 Å². The summed E-state index contributed by atoms with van der Waals surface area (Å²) in [6.45, 7) is 6.28. The van der Waals surface area contributed by atoms with Crippen LogP contribution >= 0.6 is 11.3 Å². The Hall–Kier alpha value is -1.08. The number of thiophene rings is 1. The molecule has 0 saturated carbocycles. The Morgan fingerprint density at radius 2 is 2.12 bits per heavy atom. The summed E-state index contributed by atoms with van der Waals surface area (Å²) in [4.78, 5) is 0.970. The van der Waals surface area contributed by atoms with E-state index in [9.17, 15) is 9.65 Å². The molecule has 0 aromatic carbocycles. The molecule has 0 amide bonds. The van der Waals surface area contributed by atoms with E-state index in [0.29, 0.717) is 23.4 Å². The minimum absolute atomic E-state index is 0.0430. The van der Waals surface area contributed by atoms with Crippen molar-refractivity contribution >= 4 is 16.3 Å². The van der Waals surface area contributed by atoms with Crippen LogP contribution in [-0.4, -0.2) is 6.17 Å². The highest BCUT2D eigenvalue weighted by atomic mass is 32.1. The largest absolute Gasteiger partial charge is 0.389 e. The quantitative estimate of drug-likeness (QED) is 0.766. The summed E-state index contributed by atoms with van der Waals surface area (Å²) in [6, 6.07) is 2.18. The lowest BCUT2D eigenvalue weighted by molar-refractivity contribution is 0.208. The van der Waals surface area contributed by atoms with Crippen LogP contribution < -0.4 is 5.73 Å². The van der Waals surface area contributed by atoms with Crippen molar-refractivity contribution in [3.05, 3.63) is 16.0 Å². The summed E-state index contributed by atoms with van der Waals surface area (Å²) in [5.74, 6) is 0.0875. The van der Waals surface area contributed by atoms with Gasteiger partial charge in [0.2, 0.25) is 0 Å². The molecule has 4 heteroatoms. The predicted octanol–water partition coefficient (Wildman–Crippen LogP) is 3.62. The highest BCUT2D eigenvalue weighted by Gasteiger charge is 2.38. The maximum Gasteiger partial charge on any atom is 0.106 e. The number of hydrogen-bond acceptors (Lipinski definition) is 3. The highest BCUT2D eigenvalue weighted by Crippen LogP contribution is 2.49. The van der Waals surface area contributed by atoms with Crippen molar-refractivity contribution in [3.63, 3.8) is 0 Å². The fourth-order valence-electron chi connectivity index (χ4n) is 2.59. The van der Waals surface area contributed by atoms with Crippen molar-refractivity contribution in [2.75, 3.05) is 5.73 Å². The van der Waals surface area contributed by atoms with Gasteiger partial charge in [-0.05, 0) is 23.3 Å². The first-order valence-electron chi connectivity index (χ1n) is 5.79. The third-order valence-electron chi connectivity index (χ3n) is 3.45. The van der Waals surface area contributed by atoms with Crippen molar-refractivity contribution in [1.82, 2.24) is 0 Å². The van der Waals surface area contributed by atoms with Crippen LogP contribution in [0.25, 0.3) is 0 Å². The van der Waals surface area contributed by atoms with Gasteiger partial charge in [0.05, 0.1) is 5.56 Å². The average Bonchev–Trinajstić information content (AvgIpc) is 2.50. The van der Waals surface area contributed by atoms with Crippen LogP contribution in [0.2, 0.25) is 0 Å². The van der Waals surface area contributed by atoms with Gasteiger partial charge in [0.15, 0.2) is 0 Å². The zero-order chi connectivity index (χ0) is 12.8. The molecular formula is C13H17FN2S. The minimum Gasteiger partial charge on any atom is -0.389 e. The summed E-state index contributed by atoms with van der Waals surface area (Å²) >= 11 is 1.38. The van der Waals surface area contributed by atoms with E-state index in [-0.39, 0.29) is 11.3 Å². The van der Waals surface area contributed by atoms with Crippen molar-refractivity contribution in [2.45, 2.75) is 45.7 Å². The lowest BCUT2D eigenvalue weighted by atomic mass is 9.70. The number of alkyl halides is 1. The van der Waals surface area contributed by atoms with E-state index in [1.165, 1.54) is 11.3 Å². The predicted molar refractivity (Wildman–Crippen MR) is 68.9 cm³/mol. The number of hydrogen-bond donors (Lipinski definition) is 1. The molecule has 2 unspecified atom stereocenters. The van der Waals surface area contributed by atoms with E-state index in [4.69, 9.17) is 5.73 Å². The van der Waals surface area contributed by atoms with Gasteiger partial charge in [-0.1, -0.05) is 20.8 Å². The molecule has 0 radical (unpaired) electrons. The Bertz CT molecular complexity index is 479. The monoisotopic (exact) mass is 252 g/mol. The van der Waals surface area contributed by atoms with E-state index < -0.39 is 6.17 Å². The van der Waals surface area contributed by atoms with Gasteiger partial charge in [-0.15, -0.1) is 11.3 Å². The number of rotatable bonds is 0. The van der Waals surface area contributed by atoms with Crippen LogP contribution in [0.4, 0.5) is 9.39 Å². The van der Waals surface area contributed by atoms with Crippen molar-refractivity contribution in [2.24, 2.45) is 5.41 Å². The van der Waals surface area contributed by atoms with Crippen LogP contribution in [0.3, 0.4) is 0 Å². The van der Waals surface area contributed by atoms with Gasteiger partial charge in [0.25, 0.3) is 0 Å². The number of nitriles is 1. The molecule has 2 N–H and O–H groups in total. The molecule has 0 bridgehead atoms. The number of anilines is 1. The molecule has 0 fully saturated rings. The molecule has 0 saturated heterocycles. The van der Waals surface area contributed by atoms with Gasteiger partial charge in [-0.2, -0.15) is 5.26 Å². The number of fused-ring (bicyclic) bond motifs is 1. The van der Waals surface area contributed by atoms with Crippen molar-refractivity contribution < 1.29 is 4.39 Å². The molecule has 1 aliphatic carbocycles. The molecule has 1 heterocycles. The summed E-state index contributed by atoms with van der Waals surface area (Å²) in [6.07, 6.45) is 0.108. The number of nitrogens with two attached hydrogens (primary N) is 1. The van der Waals surface area contributed by atoms with Gasteiger partial charge in [-0.3, -0.25) is 0 Å². The Morgan fingerprint density at radius 1 is 1.47 bits per heavy atom. The fourth-order valence-corrected chi connectivity index (χ4v) is 3.73. The van der Waals surface area contributed by atoms with Crippen LogP contribution in [-0.2, 0) is 6.42 Å². The Balaban J connectivity index is 2.59. The standard InChI is InChI=1S/C13H17FN2S/c1-13(2,3)9-4-7(14)5-10-11(9)8(6-15)12(16)17-10/h7,9H,4-5,16H2,1-3H3. The third kappa shape index (κ3) is 2.04. The molecule has 0 spiro atoms. The second-order valence-electron chi connectivity index (χ2n) is 5.75. The molecule has 2 atom stereocenters. The zero-order valence-electron chi connectivity index (χ0n) is 10.4. The Labute approximate surface area is 105 Å². The van der Waals surface area contributed by atoms with E-state index >= 15 is 0 Å². The number of nitrogens with zero attached hydrogens (tertiary/aromatic N) is 1. The first-order chi connectivity index (χ1) is 7.84. The van der Waals surface area contributed by atoms with Crippen LogP contribution in [0.15, 0.2) is 0 Å². The lowest BCUT2D eigenvalue weighted by Crippen LogP contribution is -2.28. The first kappa shape index (κ1) is 12.4. The molecule has 2 nitrogen and oxygen atoms in total. The van der Waals surface area contributed by atoms with E-state index in [0.717, 1.165) is 10.4 Å². The third-order valence-corrected chi connectivity index (χ3v) is 4.51. The minimum atomic E-state index is -0.809. The topological polar surface area (TPSA) is 49.8 Å². The maximum absolute atomic E-state index is 13.8. The second-order valence-corrected chi connectivity index (χ2v) is 6.88. The van der Waals surface area contributed by atoms with Gasteiger partial charge in [-0.25, -0.2) is 4.39 Å². The normalized spacial score (nSPS) is 24.2. The molecule has 92 valence electrons. The Kier molecular flexibility index (Phi) is 2.90. The molecule has 1 aromatic heterocycles. The molecule has 0 aliphatic heterocycles. The van der Waals surface area contributed by atoms with Gasteiger partial charge < -0.3 is 5.73 Å². The van der Waals surface area contributed by atoms with Crippen LogP contribution in [0.1, 0.15) is 49.1 Å². The molecule has 1 aliphatic rings. The zero-order valence-corrected chi connectivity index (χ0v) is 11.2.